The van der Waals surface area contributed by atoms with Crippen LogP contribution >= 0.6 is 0 Å². The van der Waals surface area contributed by atoms with Gasteiger partial charge in [0.25, 0.3) is 0 Å². The summed E-state index contributed by atoms with van der Waals surface area (Å²) in [6.45, 7) is 2.06. The molecule has 0 spiro atoms. The number of para-hydroxylation sites is 1. The maximum Gasteiger partial charge on any atom is 0.313 e. The minimum absolute atomic E-state index is 0.268. The van der Waals surface area contributed by atoms with Gasteiger partial charge in [-0.1, -0.05) is 78.9 Å². The first-order chi connectivity index (χ1) is 16.6. The molecule has 3 aromatic carbocycles. The number of nitrogens with two attached hydrogens (primary N) is 1. The number of methoxy groups -OCH3 is 1. The average molecular weight is 454 g/mol. The summed E-state index contributed by atoms with van der Waals surface area (Å²) in [7, 11) is 1.59. The highest BCUT2D eigenvalue weighted by molar-refractivity contribution is 5.81. The van der Waals surface area contributed by atoms with Crippen molar-refractivity contribution in [3.8, 4) is 28.4 Å². The van der Waals surface area contributed by atoms with Crippen LogP contribution in [0, 0.1) is 0 Å². The average Bonchev–Trinajstić information content (AvgIpc) is 2.88. The number of ether oxygens (including phenoxy) is 2. The van der Waals surface area contributed by atoms with E-state index in [4.69, 9.17) is 20.2 Å². The Labute approximate surface area is 199 Å². The van der Waals surface area contributed by atoms with E-state index in [1.807, 2.05) is 84.9 Å². The predicted molar refractivity (Wildman–Crippen MR) is 133 cm³/mol. The Morgan fingerprint density at radius 2 is 1.50 bits per heavy atom. The van der Waals surface area contributed by atoms with Crippen molar-refractivity contribution in [3.63, 3.8) is 0 Å². The number of anilines is 1. The van der Waals surface area contributed by atoms with Gasteiger partial charge in [-0.05, 0) is 19.4 Å². The molecule has 172 valence electrons. The van der Waals surface area contributed by atoms with Gasteiger partial charge >= 0.3 is 5.97 Å². The number of benzene rings is 3. The quantitative estimate of drug-likeness (QED) is 0.365. The second-order valence-corrected chi connectivity index (χ2v) is 7.74. The van der Waals surface area contributed by atoms with Gasteiger partial charge in [0.15, 0.2) is 5.82 Å². The van der Waals surface area contributed by atoms with Crippen LogP contribution in [0.25, 0.3) is 22.6 Å². The summed E-state index contributed by atoms with van der Waals surface area (Å²) in [4.78, 5) is 22.6. The summed E-state index contributed by atoms with van der Waals surface area (Å²) in [6, 6.07) is 26.9. The molecule has 6 heteroatoms. The molecule has 0 aliphatic carbocycles. The summed E-state index contributed by atoms with van der Waals surface area (Å²) < 4.78 is 11.0. The number of aromatic nitrogens is 2. The fourth-order valence-corrected chi connectivity index (χ4v) is 3.98. The number of hydrogen-bond acceptors (Lipinski definition) is 6. The lowest BCUT2D eigenvalue weighted by atomic mass is 9.89. The van der Waals surface area contributed by atoms with Gasteiger partial charge in [-0.15, -0.1) is 0 Å². The van der Waals surface area contributed by atoms with Crippen LogP contribution in [0.1, 0.15) is 24.0 Å². The second-order valence-electron chi connectivity index (χ2n) is 7.74. The number of rotatable bonds is 8. The SMILES string of the molecule is CCOC(=O)C(Cc1c(N)nc(-c2ccccc2)nc1-c1ccccc1)c1ccccc1OC. The normalized spacial score (nSPS) is 11.6. The summed E-state index contributed by atoms with van der Waals surface area (Å²) in [5.74, 6) is 0.495. The van der Waals surface area contributed by atoms with Crippen molar-refractivity contribution in [1.29, 1.82) is 0 Å². The Morgan fingerprint density at radius 3 is 2.15 bits per heavy atom. The second kappa shape index (κ2) is 10.6. The van der Waals surface area contributed by atoms with Crippen LogP contribution in [0.15, 0.2) is 84.9 Å². The largest absolute Gasteiger partial charge is 0.496 e. The number of nitrogens with zero attached hydrogens (tertiary/aromatic N) is 2. The minimum Gasteiger partial charge on any atom is -0.496 e. The topological polar surface area (TPSA) is 87.3 Å². The first-order valence-electron chi connectivity index (χ1n) is 11.2. The van der Waals surface area contributed by atoms with Crippen LogP contribution in [-0.2, 0) is 16.0 Å². The lowest BCUT2D eigenvalue weighted by Crippen LogP contribution is -2.20. The third-order valence-electron chi connectivity index (χ3n) is 5.61. The number of carbonyl (C=O) groups excluding carboxylic acids is 1. The van der Waals surface area contributed by atoms with E-state index in [9.17, 15) is 4.79 Å². The van der Waals surface area contributed by atoms with Crippen LogP contribution in [0.3, 0.4) is 0 Å². The lowest BCUT2D eigenvalue weighted by Gasteiger charge is -2.21. The van der Waals surface area contributed by atoms with Crippen LogP contribution in [-0.4, -0.2) is 29.7 Å². The molecule has 0 radical (unpaired) electrons. The molecule has 1 aromatic heterocycles. The van der Waals surface area contributed by atoms with Crippen LogP contribution < -0.4 is 10.5 Å². The van der Waals surface area contributed by atoms with Gasteiger partial charge in [0.05, 0.1) is 25.3 Å². The molecule has 0 saturated carbocycles. The molecule has 1 atom stereocenters. The predicted octanol–water partition coefficient (Wildman–Crippen LogP) is 5.29. The van der Waals surface area contributed by atoms with E-state index in [2.05, 4.69) is 4.98 Å². The molecule has 1 unspecified atom stereocenters. The van der Waals surface area contributed by atoms with Crippen LogP contribution in [0.4, 0.5) is 5.82 Å². The Hall–Kier alpha value is -4.19. The molecular weight excluding hydrogens is 426 g/mol. The van der Waals surface area contributed by atoms with Crippen molar-refractivity contribution in [1.82, 2.24) is 9.97 Å². The van der Waals surface area contributed by atoms with E-state index in [0.717, 1.165) is 16.7 Å². The third-order valence-corrected chi connectivity index (χ3v) is 5.61. The van der Waals surface area contributed by atoms with E-state index >= 15 is 0 Å². The first-order valence-corrected chi connectivity index (χ1v) is 11.2. The highest BCUT2D eigenvalue weighted by atomic mass is 16.5. The molecule has 0 aliphatic heterocycles. The van der Waals surface area contributed by atoms with Crippen molar-refractivity contribution >= 4 is 11.8 Å². The van der Waals surface area contributed by atoms with Crippen molar-refractivity contribution in [2.45, 2.75) is 19.3 Å². The van der Waals surface area contributed by atoms with E-state index in [1.54, 1.807) is 14.0 Å². The molecule has 0 aliphatic rings. The summed E-state index contributed by atoms with van der Waals surface area (Å²) in [6.07, 6.45) is 0.268. The maximum absolute atomic E-state index is 13.1. The molecule has 1 heterocycles. The molecule has 0 saturated heterocycles. The van der Waals surface area contributed by atoms with E-state index in [0.29, 0.717) is 28.6 Å². The lowest BCUT2D eigenvalue weighted by molar-refractivity contribution is -0.145. The highest BCUT2D eigenvalue weighted by Crippen LogP contribution is 2.36. The third kappa shape index (κ3) is 4.91. The highest BCUT2D eigenvalue weighted by Gasteiger charge is 2.29. The summed E-state index contributed by atoms with van der Waals surface area (Å²) in [5.41, 5.74) is 10.4. The van der Waals surface area contributed by atoms with E-state index in [1.165, 1.54) is 0 Å². The molecule has 34 heavy (non-hydrogen) atoms. The van der Waals surface area contributed by atoms with Gasteiger partial charge in [-0.2, -0.15) is 0 Å². The standard InChI is InChI=1S/C28H27N3O3/c1-3-34-28(32)22(21-16-10-11-17-24(21)33-2)18-23-25(19-12-6-4-7-13-19)30-27(31-26(23)29)20-14-8-5-9-15-20/h4-17,22H,3,18H2,1-2H3,(H2,29,30,31). The molecule has 0 amide bonds. The molecule has 2 N–H and O–H groups in total. The molecule has 0 fully saturated rings. The molecule has 6 nitrogen and oxygen atoms in total. The Morgan fingerprint density at radius 1 is 0.882 bits per heavy atom. The van der Waals surface area contributed by atoms with Gasteiger partial charge in [-0.3, -0.25) is 4.79 Å². The van der Waals surface area contributed by atoms with Crippen LogP contribution in [0.2, 0.25) is 0 Å². The zero-order valence-corrected chi connectivity index (χ0v) is 19.3. The Balaban J connectivity index is 1.87. The summed E-state index contributed by atoms with van der Waals surface area (Å²) >= 11 is 0. The van der Waals surface area contributed by atoms with Crippen molar-refractivity contribution in [3.05, 3.63) is 96.1 Å². The number of esters is 1. The van der Waals surface area contributed by atoms with Gasteiger partial charge in [0.2, 0.25) is 0 Å². The van der Waals surface area contributed by atoms with E-state index in [-0.39, 0.29) is 19.0 Å². The smallest absolute Gasteiger partial charge is 0.313 e. The fourth-order valence-electron chi connectivity index (χ4n) is 3.98. The zero-order valence-electron chi connectivity index (χ0n) is 19.3. The number of hydrogen-bond donors (Lipinski definition) is 1. The van der Waals surface area contributed by atoms with E-state index < -0.39 is 5.92 Å². The number of nitrogen functional groups attached to an aromatic ring is 1. The van der Waals surface area contributed by atoms with Crippen molar-refractivity contribution in [2.24, 2.45) is 0 Å². The maximum atomic E-state index is 13.1. The fraction of sp³-hybridized carbons (Fsp3) is 0.179. The monoisotopic (exact) mass is 453 g/mol. The van der Waals surface area contributed by atoms with Gasteiger partial charge in [0.1, 0.15) is 11.6 Å². The molecule has 4 rings (SSSR count). The van der Waals surface area contributed by atoms with Gasteiger partial charge in [0, 0.05) is 22.3 Å². The Kier molecular flexibility index (Phi) is 7.18. The van der Waals surface area contributed by atoms with Crippen molar-refractivity contribution in [2.75, 3.05) is 19.5 Å². The zero-order chi connectivity index (χ0) is 23.9. The minimum atomic E-state index is -0.632. The van der Waals surface area contributed by atoms with Crippen molar-refractivity contribution < 1.29 is 14.3 Å². The van der Waals surface area contributed by atoms with Crippen LogP contribution in [0.5, 0.6) is 5.75 Å². The first kappa shape index (κ1) is 23.0. The molecule has 0 bridgehead atoms. The summed E-state index contributed by atoms with van der Waals surface area (Å²) in [5, 5.41) is 0. The van der Waals surface area contributed by atoms with Gasteiger partial charge in [-0.25, -0.2) is 9.97 Å². The molecular formula is C28H27N3O3. The number of carbonyl (C=O) groups is 1. The molecule has 4 aromatic rings. The Bertz CT molecular complexity index is 1260. The van der Waals surface area contributed by atoms with Gasteiger partial charge < -0.3 is 15.2 Å².